The van der Waals surface area contributed by atoms with E-state index in [0.29, 0.717) is 29.2 Å². The minimum Gasteiger partial charge on any atom is -0.324 e. The molecule has 2 N–H and O–H groups in total. The Hall–Kier alpha value is -3.62. The van der Waals surface area contributed by atoms with E-state index in [2.05, 4.69) is 54.9 Å². The lowest BCUT2D eigenvalue weighted by Crippen LogP contribution is -2.28. The number of aryl methyl sites for hydroxylation is 1. The molecule has 0 unspecified atom stereocenters. The summed E-state index contributed by atoms with van der Waals surface area (Å²) in [6, 6.07) is 9.18. The van der Waals surface area contributed by atoms with Gasteiger partial charge in [-0.05, 0) is 49.7 Å². The van der Waals surface area contributed by atoms with Gasteiger partial charge in [0.1, 0.15) is 23.3 Å². The third-order valence-electron chi connectivity index (χ3n) is 5.04. The van der Waals surface area contributed by atoms with Crippen LogP contribution < -0.4 is 10.6 Å². The van der Waals surface area contributed by atoms with Crippen LogP contribution in [0.1, 0.15) is 22.4 Å². The minimum atomic E-state index is -2.35. The highest BCUT2D eigenvalue weighted by atomic mass is 32.2. The van der Waals surface area contributed by atoms with E-state index in [1.807, 2.05) is 6.07 Å². The first kappa shape index (κ1) is 22.6. The van der Waals surface area contributed by atoms with Gasteiger partial charge < -0.3 is 15.5 Å². The summed E-state index contributed by atoms with van der Waals surface area (Å²) in [5.74, 6) is 2.00. The second kappa shape index (κ2) is 9.09. The van der Waals surface area contributed by atoms with Gasteiger partial charge in [-0.2, -0.15) is 14.6 Å². The van der Waals surface area contributed by atoms with Crippen LogP contribution in [0.4, 0.5) is 29.2 Å². The Balaban J connectivity index is 1.62. The van der Waals surface area contributed by atoms with Crippen LogP contribution in [0.15, 0.2) is 34.8 Å². The van der Waals surface area contributed by atoms with Gasteiger partial charge in [0.05, 0.1) is 11.9 Å². The van der Waals surface area contributed by atoms with Crippen molar-refractivity contribution in [1.82, 2.24) is 24.8 Å². The van der Waals surface area contributed by atoms with Gasteiger partial charge in [-0.15, -0.1) is 0 Å². The number of nitriles is 1. The monoisotopic (exact) mass is 463 g/mol. The molecule has 0 spiro atoms. The van der Waals surface area contributed by atoms with Crippen molar-refractivity contribution in [3.05, 3.63) is 52.8 Å². The van der Waals surface area contributed by atoms with Crippen molar-refractivity contribution >= 4 is 38.9 Å². The van der Waals surface area contributed by atoms with Gasteiger partial charge in [0.2, 0.25) is 5.95 Å². The van der Waals surface area contributed by atoms with Crippen molar-refractivity contribution < 1.29 is 4.21 Å². The highest BCUT2D eigenvalue weighted by molar-refractivity contribution is 7.92. The van der Waals surface area contributed by atoms with Crippen LogP contribution in [-0.2, 0) is 22.7 Å². The Morgan fingerprint density at radius 3 is 2.76 bits per heavy atom. The zero-order chi connectivity index (χ0) is 23.6. The van der Waals surface area contributed by atoms with Crippen LogP contribution in [0.3, 0.4) is 0 Å². The van der Waals surface area contributed by atoms with E-state index in [0.717, 1.165) is 25.2 Å². The Morgan fingerprint density at radius 2 is 2.00 bits per heavy atom. The van der Waals surface area contributed by atoms with E-state index < -0.39 is 9.73 Å². The summed E-state index contributed by atoms with van der Waals surface area (Å²) in [6.07, 6.45) is 5.50. The number of pyridine rings is 2. The summed E-state index contributed by atoms with van der Waals surface area (Å²) in [5.41, 5.74) is 3.78. The van der Waals surface area contributed by atoms with Gasteiger partial charge in [-0.1, -0.05) is 6.07 Å². The topological polar surface area (TPSA) is 132 Å². The third kappa shape index (κ3) is 5.60. The number of fused-ring (bicyclic) bond motifs is 1. The molecule has 0 bridgehead atoms. The van der Waals surface area contributed by atoms with E-state index in [9.17, 15) is 9.47 Å². The summed E-state index contributed by atoms with van der Waals surface area (Å²) in [4.78, 5) is 20.1. The van der Waals surface area contributed by atoms with Gasteiger partial charge in [0.15, 0.2) is 11.6 Å². The maximum absolute atomic E-state index is 12.0. The molecule has 0 amide bonds. The molecule has 1 aliphatic rings. The maximum atomic E-state index is 12.0. The van der Waals surface area contributed by atoms with E-state index in [1.54, 1.807) is 30.7 Å². The predicted octanol–water partition coefficient (Wildman–Crippen LogP) is 3.28. The van der Waals surface area contributed by atoms with Crippen LogP contribution in [0.5, 0.6) is 0 Å². The number of hydrogen-bond acceptors (Lipinski definition) is 10. The van der Waals surface area contributed by atoms with Gasteiger partial charge in [-0.3, -0.25) is 0 Å². The first-order valence-corrected chi connectivity index (χ1v) is 12.7. The Labute approximate surface area is 193 Å². The summed E-state index contributed by atoms with van der Waals surface area (Å²) < 4.78 is 16.1. The van der Waals surface area contributed by atoms with Crippen LogP contribution in [0, 0.1) is 18.3 Å². The summed E-state index contributed by atoms with van der Waals surface area (Å²) >= 11 is 0. The molecule has 0 saturated heterocycles. The van der Waals surface area contributed by atoms with Crippen molar-refractivity contribution in [2.45, 2.75) is 19.9 Å². The smallest absolute Gasteiger partial charge is 0.230 e. The second-order valence-corrected chi connectivity index (χ2v) is 10.8. The highest BCUT2D eigenvalue weighted by Gasteiger charge is 2.18. The lowest BCUT2D eigenvalue weighted by Gasteiger charge is -2.26. The van der Waals surface area contributed by atoms with Crippen LogP contribution in [0.25, 0.3) is 0 Å². The summed E-state index contributed by atoms with van der Waals surface area (Å²) in [6.45, 7) is 3.89. The molecule has 0 saturated carbocycles. The average molecular weight is 464 g/mol. The molecule has 3 aromatic rings. The molecule has 4 rings (SSSR count). The van der Waals surface area contributed by atoms with Crippen molar-refractivity contribution in [3.8, 4) is 6.07 Å². The van der Waals surface area contributed by atoms with Crippen LogP contribution >= 0.6 is 0 Å². The fourth-order valence-corrected chi connectivity index (χ4v) is 4.11. The number of aromatic nitrogens is 4. The van der Waals surface area contributed by atoms with Crippen LogP contribution in [0.2, 0.25) is 0 Å². The molecule has 3 aromatic heterocycles. The molecule has 11 heteroatoms. The zero-order valence-corrected chi connectivity index (χ0v) is 19.8. The Bertz CT molecular complexity index is 1360. The number of hydrogen-bond donors (Lipinski definition) is 2. The maximum Gasteiger partial charge on any atom is 0.230 e. The first-order valence-electron chi connectivity index (χ1n) is 10.3. The molecule has 4 heterocycles. The zero-order valence-electron chi connectivity index (χ0n) is 19.0. The largest absolute Gasteiger partial charge is 0.324 e. The summed E-state index contributed by atoms with van der Waals surface area (Å²) in [5, 5.41) is 15.7. The van der Waals surface area contributed by atoms with Crippen LogP contribution in [-0.4, -0.2) is 55.1 Å². The standard InChI is InChI=1S/C22H25N9OS/c1-14-10-20(25-17-13-31(2)9-8-16(14)17)28-22-24-12-15(11-23)21(29-22)27-18-6-5-7-19(26-18)30-33(3,4)32/h5-7,10,12H,8-9,13H2,1-4H3,(H2,24,25,26,27,28,29). The van der Waals surface area contributed by atoms with Crippen molar-refractivity contribution in [3.63, 3.8) is 0 Å². The lowest BCUT2D eigenvalue weighted by atomic mass is 10.0. The molecule has 0 atom stereocenters. The molecular weight excluding hydrogens is 438 g/mol. The molecule has 10 nitrogen and oxygen atoms in total. The SMILES string of the molecule is Cc1cc(Nc2ncc(C#N)c(Nc3cccc(N=S(C)(C)=O)n3)n2)nc2c1CCN(C)C2. The lowest BCUT2D eigenvalue weighted by molar-refractivity contribution is 0.307. The van der Waals surface area contributed by atoms with E-state index in [1.165, 1.54) is 17.3 Å². The van der Waals surface area contributed by atoms with E-state index in [4.69, 9.17) is 4.98 Å². The summed E-state index contributed by atoms with van der Waals surface area (Å²) in [7, 11) is -0.267. The minimum absolute atomic E-state index is 0.260. The molecule has 0 aromatic carbocycles. The highest BCUT2D eigenvalue weighted by Crippen LogP contribution is 2.25. The third-order valence-corrected chi connectivity index (χ3v) is 5.67. The second-order valence-electron chi connectivity index (χ2n) is 8.21. The first-order chi connectivity index (χ1) is 15.7. The quantitative estimate of drug-likeness (QED) is 0.585. The van der Waals surface area contributed by atoms with E-state index in [-0.39, 0.29) is 5.56 Å². The number of nitrogens with zero attached hydrogens (tertiary/aromatic N) is 7. The molecule has 0 aliphatic carbocycles. The Morgan fingerprint density at radius 1 is 1.18 bits per heavy atom. The number of rotatable bonds is 5. The number of anilines is 4. The molecule has 33 heavy (non-hydrogen) atoms. The fraction of sp³-hybridized carbons (Fsp3) is 0.318. The molecule has 0 radical (unpaired) electrons. The predicted molar refractivity (Wildman–Crippen MR) is 129 cm³/mol. The van der Waals surface area contributed by atoms with E-state index >= 15 is 0 Å². The van der Waals surface area contributed by atoms with Crippen molar-refractivity contribution in [2.75, 3.05) is 36.7 Å². The molecule has 0 fully saturated rings. The van der Waals surface area contributed by atoms with Gasteiger partial charge in [0, 0.05) is 35.3 Å². The van der Waals surface area contributed by atoms with Crippen molar-refractivity contribution in [1.29, 1.82) is 5.26 Å². The fourth-order valence-electron chi connectivity index (χ4n) is 3.56. The number of likely N-dealkylation sites (N-methyl/N-ethyl adjacent to an activating group) is 1. The normalized spacial score (nSPS) is 13.7. The van der Waals surface area contributed by atoms with Crippen molar-refractivity contribution in [2.24, 2.45) is 4.36 Å². The Kier molecular flexibility index (Phi) is 6.22. The average Bonchev–Trinajstić information content (AvgIpc) is 2.73. The molecular formula is C22H25N9OS. The van der Waals surface area contributed by atoms with Gasteiger partial charge in [-0.25, -0.2) is 19.2 Å². The molecule has 170 valence electrons. The molecule has 1 aliphatic heterocycles. The van der Waals surface area contributed by atoms with Gasteiger partial charge >= 0.3 is 0 Å². The number of nitrogens with one attached hydrogen (secondary N) is 2. The van der Waals surface area contributed by atoms with Gasteiger partial charge in [0.25, 0.3) is 0 Å².